The smallest absolute Gasteiger partial charge is 0.131 e. The first-order chi connectivity index (χ1) is 7.31. The first-order valence-electron chi connectivity index (χ1n) is 4.78. The number of aromatic nitrogens is 2. The fourth-order valence-electron chi connectivity index (χ4n) is 1.45. The maximum atomic E-state index is 13.4. The van der Waals surface area contributed by atoms with Crippen LogP contribution in [0.5, 0.6) is 0 Å². The van der Waals surface area contributed by atoms with Gasteiger partial charge < -0.3 is 5.73 Å². The Bertz CT molecular complexity index is 451. The first kappa shape index (κ1) is 9.86. The molecule has 0 atom stereocenters. The zero-order valence-electron chi connectivity index (χ0n) is 8.23. The van der Waals surface area contributed by atoms with Gasteiger partial charge in [-0.05, 0) is 6.07 Å². The number of benzene rings is 1. The van der Waals surface area contributed by atoms with E-state index in [0.717, 1.165) is 5.56 Å². The van der Waals surface area contributed by atoms with Gasteiger partial charge >= 0.3 is 0 Å². The Kier molecular flexibility index (Phi) is 2.78. The zero-order valence-corrected chi connectivity index (χ0v) is 8.23. The monoisotopic (exact) mass is 205 g/mol. The van der Waals surface area contributed by atoms with Crippen molar-refractivity contribution in [1.29, 1.82) is 0 Å². The van der Waals surface area contributed by atoms with Crippen molar-refractivity contribution in [3.8, 4) is 11.1 Å². The third-order valence-electron chi connectivity index (χ3n) is 2.18. The molecule has 0 radical (unpaired) electrons. The molecule has 2 aromatic rings. The highest BCUT2D eigenvalue weighted by Gasteiger charge is 2.05. The minimum absolute atomic E-state index is 0.232. The lowest BCUT2D eigenvalue weighted by molar-refractivity contribution is 0.624. The van der Waals surface area contributed by atoms with E-state index in [9.17, 15) is 4.39 Å². The van der Waals surface area contributed by atoms with E-state index >= 15 is 0 Å². The Hall–Kier alpha value is -1.68. The van der Waals surface area contributed by atoms with Gasteiger partial charge in [-0.15, -0.1) is 0 Å². The van der Waals surface area contributed by atoms with Crippen LogP contribution >= 0.6 is 0 Å². The Balaban J connectivity index is 2.33. The van der Waals surface area contributed by atoms with Gasteiger partial charge in [-0.1, -0.05) is 18.2 Å². The summed E-state index contributed by atoms with van der Waals surface area (Å²) in [5.74, 6) is -0.232. The van der Waals surface area contributed by atoms with E-state index in [1.54, 1.807) is 35.3 Å². The molecule has 2 rings (SSSR count). The SMILES string of the molecule is NCCn1cc(-c2ccccc2F)cn1. The van der Waals surface area contributed by atoms with Crippen molar-refractivity contribution in [2.24, 2.45) is 5.73 Å². The molecule has 0 aliphatic heterocycles. The van der Waals surface area contributed by atoms with Gasteiger partial charge in [0.05, 0.1) is 12.7 Å². The summed E-state index contributed by atoms with van der Waals surface area (Å²) in [5, 5.41) is 4.09. The minimum Gasteiger partial charge on any atom is -0.329 e. The average molecular weight is 205 g/mol. The number of rotatable bonds is 3. The molecule has 2 N–H and O–H groups in total. The summed E-state index contributed by atoms with van der Waals surface area (Å²) in [6, 6.07) is 6.65. The molecule has 3 nitrogen and oxygen atoms in total. The van der Waals surface area contributed by atoms with Gasteiger partial charge in [-0.3, -0.25) is 4.68 Å². The largest absolute Gasteiger partial charge is 0.329 e. The van der Waals surface area contributed by atoms with Crippen LogP contribution in [0.25, 0.3) is 11.1 Å². The summed E-state index contributed by atoms with van der Waals surface area (Å²) in [7, 11) is 0. The van der Waals surface area contributed by atoms with Crippen LogP contribution < -0.4 is 5.73 Å². The second-order valence-corrected chi connectivity index (χ2v) is 3.26. The van der Waals surface area contributed by atoms with Crippen molar-refractivity contribution in [3.05, 3.63) is 42.5 Å². The molecule has 0 spiro atoms. The number of hydrogen-bond acceptors (Lipinski definition) is 2. The molecule has 0 saturated carbocycles. The molecule has 0 amide bonds. The predicted octanol–water partition coefficient (Wildman–Crippen LogP) is 1.65. The maximum absolute atomic E-state index is 13.4. The Morgan fingerprint density at radius 1 is 1.33 bits per heavy atom. The molecule has 78 valence electrons. The summed E-state index contributed by atoms with van der Waals surface area (Å²) in [4.78, 5) is 0. The molecule has 0 fully saturated rings. The van der Waals surface area contributed by atoms with Crippen molar-refractivity contribution in [2.45, 2.75) is 6.54 Å². The van der Waals surface area contributed by atoms with E-state index in [1.165, 1.54) is 6.07 Å². The number of nitrogens with two attached hydrogens (primary N) is 1. The fraction of sp³-hybridized carbons (Fsp3) is 0.182. The molecular formula is C11H12FN3. The summed E-state index contributed by atoms with van der Waals surface area (Å²) < 4.78 is 15.1. The molecule has 15 heavy (non-hydrogen) atoms. The van der Waals surface area contributed by atoms with Gasteiger partial charge in [0.1, 0.15) is 5.82 Å². The van der Waals surface area contributed by atoms with Crippen molar-refractivity contribution >= 4 is 0 Å². The Labute approximate surface area is 87.3 Å². The van der Waals surface area contributed by atoms with E-state index < -0.39 is 0 Å². The van der Waals surface area contributed by atoms with Crippen LogP contribution in [-0.4, -0.2) is 16.3 Å². The zero-order chi connectivity index (χ0) is 10.7. The van der Waals surface area contributed by atoms with Gasteiger partial charge in [0.2, 0.25) is 0 Å². The highest BCUT2D eigenvalue weighted by molar-refractivity contribution is 5.62. The highest BCUT2D eigenvalue weighted by atomic mass is 19.1. The second-order valence-electron chi connectivity index (χ2n) is 3.26. The standard InChI is InChI=1S/C11H12FN3/c12-11-4-2-1-3-10(11)9-7-14-15(8-9)6-5-13/h1-4,7-8H,5-6,13H2. The van der Waals surface area contributed by atoms with Crippen LogP contribution in [0.3, 0.4) is 0 Å². The summed E-state index contributed by atoms with van der Waals surface area (Å²) in [6.45, 7) is 1.17. The van der Waals surface area contributed by atoms with E-state index in [-0.39, 0.29) is 5.82 Å². The number of nitrogens with zero attached hydrogens (tertiary/aromatic N) is 2. The number of halogens is 1. The lowest BCUT2D eigenvalue weighted by Crippen LogP contribution is -2.09. The summed E-state index contributed by atoms with van der Waals surface area (Å²) in [6.07, 6.45) is 3.44. The van der Waals surface area contributed by atoms with Crippen LogP contribution in [0.2, 0.25) is 0 Å². The minimum atomic E-state index is -0.232. The number of hydrogen-bond donors (Lipinski definition) is 1. The van der Waals surface area contributed by atoms with Gasteiger partial charge in [-0.2, -0.15) is 5.10 Å². The lowest BCUT2D eigenvalue weighted by Gasteiger charge is -1.98. The highest BCUT2D eigenvalue weighted by Crippen LogP contribution is 2.21. The Morgan fingerprint density at radius 3 is 2.87 bits per heavy atom. The second kappa shape index (κ2) is 4.23. The maximum Gasteiger partial charge on any atom is 0.131 e. The predicted molar refractivity (Wildman–Crippen MR) is 56.7 cm³/mol. The van der Waals surface area contributed by atoms with Gasteiger partial charge in [0.15, 0.2) is 0 Å². The van der Waals surface area contributed by atoms with Crippen molar-refractivity contribution in [2.75, 3.05) is 6.54 Å². The quantitative estimate of drug-likeness (QED) is 0.828. The van der Waals surface area contributed by atoms with Crippen molar-refractivity contribution in [3.63, 3.8) is 0 Å². The molecule has 1 aromatic carbocycles. The molecule has 0 aliphatic carbocycles. The molecule has 0 unspecified atom stereocenters. The van der Waals surface area contributed by atoms with Crippen LogP contribution in [0, 0.1) is 5.82 Å². The van der Waals surface area contributed by atoms with Gasteiger partial charge in [0, 0.05) is 23.9 Å². The van der Waals surface area contributed by atoms with Crippen LogP contribution in [-0.2, 0) is 6.54 Å². The Morgan fingerprint density at radius 2 is 2.13 bits per heavy atom. The normalized spacial score (nSPS) is 10.5. The van der Waals surface area contributed by atoms with Crippen LogP contribution in [0.1, 0.15) is 0 Å². The summed E-state index contributed by atoms with van der Waals surface area (Å²) >= 11 is 0. The third-order valence-corrected chi connectivity index (χ3v) is 2.18. The van der Waals surface area contributed by atoms with Gasteiger partial charge in [0.25, 0.3) is 0 Å². The topological polar surface area (TPSA) is 43.8 Å². The lowest BCUT2D eigenvalue weighted by atomic mass is 10.1. The fourth-order valence-corrected chi connectivity index (χ4v) is 1.45. The van der Waals surface area contributed by atoms with Crippen molar-refractivity contribution < 1.29 is 4.39 Å². The molecule has 4 heteroatoms. The van der Waals surface area contributed by atoms with Crippen LogP contribution in [0.4, 0.5) is 4.39 Å². The third kappa shape index (κ3) is 2.05. The van der Waals surface area contributed by atoms with E-state index in [2.05, 4.69) is 5.10 Å². The average Bonchev–Trinajstić information content (AvgIpc) is 2.68. The van der Waals surface area contributed by atoms with Crippen LogP contribution in [0.15, 0.2) is 36.7 Å². The molecule has 0 saturated heterocycles. The van der Waals surface area contributed by atoms with Gasteiger partial charge in [-0.25, -0.2) is 4.39 Å². The molecule has 1 heterocycles. The molecule has 1 aromatic heterocycles. The van der Waals surface area contributed by atoms with E-state index in [1.807, 2.05) is 0 Å². The molecule has 0 bridgehead atoms. The van der Waals surface area contributed by atoms with E-state index in [4.69, 9.17) is 5.73 Å². The molecule has 0 aliphatic rings. The van der Waals surface area contributed by atoms with E-state index in [0.29, 0.717) is 18.7 Å². The molecular weight excluding hydrogens is 193 g/mol. The first-order valence-corrected chi connectivity index (χ1v) is 4.78. The van der Waals surface area contributed by atoms with Crippen molar-refractivity contribution in [1.82, 2.24) is 9.78 Å². The summed E-state index contributed by atoms with van der Waals surface area (Å²) in [5.41, 5.74) is 6.75.